The van der Waals surface area contributed by atoms with Crippen LogP contribution in [-0.4, -0.2) is 24.0 Å². The van der Waals surface area contributed by atoms with Gasteiger partial charge >= 0.3 is 0 Å². The summed E-state index contributed by atoms with van der Waals surface area (Å²) in [7, 11) is 0. The van der Waals surface area contributed by atoms with E-state index in [1.165, 1.54) is 25.7 Å². The average Bonchev–Trinajstić information content (AvgIpc) is 3.13. The van der Waals surface area contributed by atoms with Gasteiger partial charge < -0.3 is 15.1 Å². The van der Waals surface area contributed by atoms with Crippen molar-refractivity contribution in [3.05, 3.63) is 17.3 Å². The first-order valence-electron chi connectivity index (χ1n) is 8.87. The molecule has 0 aliphatic heterocycles. The fraction of sp³-hybridized carbons (Fsp3) is 0.778. The Hall–Kier alpha value is -1.52. The highest BCUT2D eigenvalue weighted by Crippen LogP contribution is 2.38. The van der Waals surface area contributed by atoms with E-state index in [9.17, 15) is 0 Å². The van der Waals surface area contributed by atoms with Crippen molar-refractivity contribution < 1.29 is 4.42 Å². The highest BCUT2D eigenvalue weighted by molar-refractivity contribution is 5.79. The standard InChI is InChI=1S/C18H32N4O/c1-6-19-17(20-11-16-22-13(2)14(3)23-16)21-12-18(4,5)15-9-7-8-10-15/h15H,6-12H2,1-5H3,(H2,19,20,21). The fourth-order valence-corrected chi connectivity index (χ4v) is 3.26. The van der Waals surface area contributed by atoms with Crippen LogP contribution in [0, 0.1) is 25.2 Å². The Morgan fingerprint density at radius 3 is 2.52 bits per heavy atom. The number of nitrogens with zero attached hydrogens (tertiary/aromatic N) is 2. The molecule has 0 atom stereocenters. The third-order valence-corrected chi connectivity index (χ3v) is 4.96. The zero-order valence-corrected chi connectivity index (χ0v) is 15.3. The highest BCUT2D eigenvalue weighted by atomic mass is 16.4. The van der Waals surface area contributed by atoms with Crippen LogP contribution in [0.15, 0.2) is 9.41 Å². The predicted octanol–water partition coefficient (Wildman–Crippen LogP) is 3.56. The zero-order chi connectivity index (χ0) is 16.9. The van der Waals surface area contributed by atoms with Crippen molar-refractivity contribution >= 4 is 5.96 Å². The highest BCUT2D eigenvalue weighted by Gasteiger charge is 2.31. The smallest absolute Gasteiger partial charge is 0.216 e. The third kappa shape index (κ3) is 4.98. The monoisotopic (exact) mass is 320 g/mol. The molecular formula is C18H32N4O. The number of guanidine groups is 1. The topological polar surface area (TPSA) is 62.5 Å². The molecule has 0 saturated heterocycles. The first-order chi connectivity index (χ1) is 10.9. The fourth-order valence-electron chi connectivity index (χ4n) is 3.26. The molecule has 1 saturated carbocycles. The summed E-state index contributed by atoms with van der Waals surface area (Å²) in [6.45, 7) is 12.9. The van der Waals surface area contributed by atoms with Gasteiger partial charge in [0.05, 0.1) is 5.69 Å². The van der Waals surface area contributed by atoms with Crippen molar-refractivity contribution in [3.63, 3.8) is 0 Å². The molecule has 0 spiro atoms. The summed E-state index contributed by atoms with van der Waals surface area (Å²) in [5.74, 6) is 3.20. The maximum atomic E-state index is 5.60. The first kappa shape index (κ1) is 17.8. The van der Waals surface area contributed by atoms with Gasteiger partial charge in [0.25, 0.3) is 0 Å². The van der Waals surface area contributed by atoms with Crippen LogP contribution in [0.2, 0.25) is 0 Å². The molecule has 0 aromatic carbocycles. The molecule has 0 radical (unpaired) electrons. The number of nitrogens with one attached hydrogen (secondary N) is 2. The minimum absolute atomic E-state index is 0.294. The second-order valence-corrected chi connectivity index (χ2v) is 7.27. The predicted molar refractivity (Wildman–Crippen MR) is 94.5 cm³/mol. The Morgan fingerprint density at radius 1 is 1.26 bits per heavy atom. The number of aryl methyl sites for hydroxylation is 2. The lowest BCUT2D eigenvalue weighted by Crippen LogP contribution is -2.44. The van der Waals surface area contributed by atoms with E-state index in [-0.39, 0.29) is 0 Å². The van der Waals surface area contributed by atoms with Crippen LogP contribution in [0.3, 0.4) is 0 Å². The molecule has 2 N–H and O–H groups in total. The molecule has 5 heteroatoms. The van der Waals surface area contributed by atoms with Crippen LogP contribution < -0.4 is 10.6 Å². The maximum Gasteiger partial charge on any atom is 0.216 e. The molecule has 23 heavy (non-hydrogen) atoms. The third-order valence-electron chi connectivity index (χ3n) is 4.96. The Balaban J connectivity index is 1.93. The van der Waals surface area contributed by atoms with Gasteiger partial charge in [-0.3, -0.25) is 0 Å². The van der Waals surface area contributed by atoms with E-state index in [1.54, 1.807) is 0 Å². The first-order valence-corrected chi connectivity index (χ1v) is 8.87. The van der Waals surface area contributed by atoms with Crippen LogP contribution in [-0.2, 0) is 6.54 Å². The second kappa shape index (κ2) is 7.84. The second-order valence-electron chi connectivity index (χ2n) is 7.27. The normalized spacial score (nSPS) is 16.8. The molecule has 1 aromatic heterocycles. The Morgan fingerprint density at radius 2 is 1.96 bits per heavy atom. The zero-order valence-electron chi connectivity index (χ0n) is 15.3. The summed E-state index contributed by atoms with van der Waals surface area (Å²) >= 11 is 0. The van der Waals surface area contributed by atoms with Gasteiger partial charge in [-0.2, -0.15) is 0 Å². The molecule has 0 bridgehead atoms. The van der Waals surface area contributed by atoms with Gasteiger partial charge in [0.15, 0.2) is 5.96 Å². The summed E-state index contributed by atoms with van der Waals surface area (Å²) in [5, 5.41) is 6.81. The molecule has 1 aliphatic carbocycles. The van der Waals surface area contributed by atoms with E-state index in [0.29, 0.717) is 17.9 Å². The molecule has 0 unspecified atom stereocenters. The molecule has 1 aromatic rings. The van der Waals surface area contributed by atoms with E-state index < -0.39 is 0 Å². The Kier molecular flexibility index (Phi) is 6.08. The lowest BCUT2D eigenvalue weighted by molar-refractivity contribution is 0.218. The summed E-state index contributed by atoms with van der Waals surface area (Å²) in [6.07, 6.45) is 5.48. The molecule has 1 fully saturated rings. The molecule has 1 aliphatic rings. The van der Waals surface area contributed by atoms with E-state index in [2.05, 4.69) is 41.4 Å². The quantitative estimate of drug-likeness (QED) is 0.621. The van der Waals surface area contributed by atoms with Crippen LogP contribution >= 0.6 is 0 Å². The van der Waals surface area contributed by atoms with E-state index in [4.69, 9.17) is 4.42 Å². The van der Waals surface area contributed by atoms with Gasteiger partial charge in [0.1, 0.15) is 12.3 Å². The van der Waals surface area contributed by atoms with Crippen molar-refractivity contribution in [3.8, 4) is 0 Å². The van der Waals surface area contributed by atoms with E-state index >= 15 is 0 Å². The van der Waals surface area contributed by atoms with Gasteiger partial charge in [-0.1, -0.05) is 26.7 Å². The van der Waals surface area contributed by atoms with Gasteiger partial charge in [0, 0.05) is 13.1 Å². The van der Waals surface area contributed by atoms with Gasteiger partial charge in [-0.25, -0.2) is 9.98 Å². The van der Waals surface area contributed by atoms with Crippen molar-refractivity contribution in [2.24, 2.45) is 16.3 Å². The minimum Gasteiger partial charge on any atom is -0.444 e. The van der Waals surface area contributed by atoms with Crippen molar-refractivity contribution in [2.45, 2.75) is 66.8 Å². The molecule has 0 amide bonds. The lowest BCUT2D eigenvalue weighted by atomic mass is 9.78. The number of hydrogen-bond donors (Lipinski definition) is 2. The van der Waals surface area contributed by atoms with Gasteiger partial charge in [-0.15, -0.1) is 0 Å². The van der Waals surface area contributed by atoms with E-state index in [0.717, 1.165) is 36.4 Å². The van der Waals surface area contributed by atoms with Crippen LogP contribution in [0.1, 0.15) is 63.8 Å². The molecule has 130 valence electrons. The SMILES string of the molecule is CCNC(=NCc1nc(C)c(C)o1)NCC(C)(C)C1CCCC1. The number of aromatic nitrogens is 1. The van der Waals surface area contributed by atoms with Crippen LogP contribution in [0.5, 0.6) is 0 Å². The average molecular weight is 320 g/mol. The summed E-state index contributed by atoms with van der Waals surface area (Å²) in [4.78, 5) is 8.99. The summed E-state index contributed by atoms with van der Waals surface area (Å²) < 4.78 is 5.60. The number of rotatable bonds is 6. The summed E-state index contributed by atoms with van der Waals surface area (Å²) in [6, 6.07) is 0. The van der Waals surface area contributed by atoms with E-state index in [1.807, 2.05) is 13.8 Å². The molecule has 2 rings (SSSR count). The van der Waals surface area contributed by atoms with Crippen LogP contribution in [0.4, 0.5) is 0 Å². The number of oxazole rings is 1. The number of hydrogen-bond acceptors (Lipinski definition) is 3. The summed E-state index contributed by atoms with van der Waals surface area (Å²) in [5.41, 5.74) is 1.23. The Labute approximate surface area is 140 Å². The maximum absolute atomic E-state index is 5.60. The largest absolute Gasteiger partial charge is 0.444 e. The molecular weight excluding hydrogens is 288 g/mol. The molecule has 1 heterocycles. The van der Waals surface area contributed by atoms with Gasteiger partial charge in [0.2, 0.25) is 5.89 Å². The minimum atomic E-state index is 0.294. The molecule has 5 nitrogen and oxygen atoms in total. The van der Waals surface area contributed by atoms with Crippen molar-refractivity contribution in [1.82, 2.24) is 15.6 Å². The van der Waals surface area contributed by atoms with Crippen LogP contribution in [0.25, 0.3) is 0 Å². The van der Waals surface area contributed by atoms with Crippen molar-refractivity contribution in [1.29, 1.82) is 0 Å². The number of aliphatic imine (C=N–C) groups is 1. The Bertz CT molecular complexity index is 508. The van der Waals surface area contributed by atoms with Crippen molar-refractivity contribution in [2.75, 3.05) is 13.1 Å². The van der Waals surface area contributed by atoms with Gasteiger partial charge in [-0.05, 0) is 44.9 Å². The lowest BCUT2D eigenvalue weighted by Gasteiger charge is -2.32.